The molecule has 0 heterocycles. The first-order chi connectivity index (χ1) is 3.89. The van der Waals surface area contributed by atoms with Crippen molar-refractivity contribution in [2.75, 3.05) is 0 Å². The summed E-state index contributed by atoms with van der Waals surface area (Å²) in [5.41, 5.74) is 5.53. The normalized spacial score (nSPS) is 19.9. The molecular weight excluding hydrogens is 98.1 g/mol. The van der Waals surface area contributed by atoms with Gasteiger partial charge in [-0.2, -0.15) is 0 Å². The second kappa shape index (κ2) is 5.10. The maximum absolute atomic E-state index is 5.53. The summed E-state index contributed by atoms with van der Waals surface area (Å²) >= 11 is 0. The van der Waals surface area contributed by atoms with Crippen LogP contribution in [0.3, 0.4) is 0 Å². The Hall–Kier alpha value is -0.0400. The molecule has 1 fully saturated rings. The molecule has 52 valence electrons. The Balaban J connectivity index is 0. The molecule has 0 radical (unpaired) electrons. The van der Waals surface area contributed by atoms with Crippen LogP contribution in [0.5, 0.6) is 0 Å². The fraction of sp³-hybridized carbons (Fsp3) is 1.00. The van der Waals surface area contributed by atoms with E-state index < -0.39 is 0 Å². The zero-order valence-electron chi connectivity index (χ0n) is 5.98. The zero-order chi connectivity index (χ0) is 6.41. The monoisotopic (exact) mass is 117 g/mol. The van der Waals surface area contributed by atoms with Crippen LogP contribution in [0.2, 0.25) is 0 Å². The van der Waals surface area contributed by atoms with Gasteiger partial charge in [0.1, 0.15) is 0 Å². The molecule has 0 unspecified atom stereocenters. The van der Waals surface area contributed by atoms with Crippen molar-refractivity contribution in [2.45, 2.75) is 45.6 Å². The highest BCUT2D eigenvalue weighted by atomic mass is 14.6. The maximum atomic E-state index is 5.53. The molecule has 0 aromatic carbocycles. The van der Waals surface area contributed by atoms with Gasteiger partial charge in [-0.25, -0.2) is 0 Å². The van der Waals surface area contributed by atoms with Gasteiger partial charge in [-0.05, 0) is 12.8 Å². The number of nitrogens with two attached hydrogens (primary N) is 1. The summed E-state index contributed by atoms with van der Waals surface area (Å²) in [6.45, 7) is 4.00. The molecule has 1 rings (SSSR count). The SMILES string of the molecule is CC.NC1CCCC1.[HH]. The van der Waals surface area contributed by atoms with E-state index in [1.165, 1.54) is 25.7 Å². The Morgan fingerprint density at radius 1 is 1.25 bits per heavy atom. The molecule has 1 heteroatoms. The summed E-state index contributed by atoms with van der Waals surface area (Å²) in [5.74, 6) is 0. The Labute approximate surface area is 53.8 Å². The highest BCUT2D eigenvalue weighted by molar-refractivity contribution is 4.67. The van der Waals surface area contributed by atoms with Crippen molar-refractivity contribution >= 4 is 0 Å². The second-order valence-electron chi connectivity index (χ2n) is 2.04. The maximum Gasteiger partial charge on any atom is 0.00388 e. The van der Waals surface area contributed by atoms with E-state index >= 15 is 0 Å². The van der Waals surface area contributed by atoms with Crippen molar-refractivity contribution in [2.24, 2.45) is 5.73 Å². The lowest BCUT2D eigenvalue weighted by atomic mass is 10.3. The molecule has 1 nitrogen and oxygen atoms in total. The zero-order valence-corrected chi connectivity index (χ0v) is 5.98. The topological polar surface area (TPSA) is 26.0 Å². The van der Waals surface area contributed by atoms with Crippen LogP contribution in [0, 0.1) is 0 Å². The Kier molecular flexibility index (Phi) is 5.08. The first kappa shape index (κ1) is 7.96. The smallest absolute Gasteiger partial charge is 0.00388 e. The van der Waals surface area contributed by atoms with Crippen LogP contribution in [0.25, 0.3) is 0 Å². The summed E-state index contributed by atoms with van der Waals surface area (Å²) < 4.78 is 0. The van der Waals surface area contributed by atoms with Gasteiger partial charge >= 0.3 is 0 Å². The van der Waals surface area contributed by atoms with Gasteiger partial charge in [0.05, 0.1) is 0 Å². The first-order valence-corrected chi connectivity index (χ1v) is 3.65. The molecule has 2 N–H and O–H groups in total. The lowest BCUT2D eigenvalue weighted by Crippen LogP contribution is -2.13. The van der Waals surface area contributed by atoms with E-state index in [2.05, 4.69) is 0 Å². The molecule has 1 saturated carbocycles. The van der Waals surface area contributed by atoms with Gasteiger partial charge in [0, 0.05) is 7.47 Å². The van der Waals surface area contributed by atoms with Gasteiger partial charge in [0.2, 0.25) is 0 Å². The van der Waals surface area contributed by atoms with Gasteiger partial charge in [-0.3, -0.25) is 0 Å². The average molecular weight is 117 g/mol. The summed E-state index contributed by atoms with van der Waals surface area (Å²) in [4.78, 5) is 0. The van der Waals surface area contributed by atoms with Gasteiger partial charge in [-0.15, -0.1) is 0 Å². The minimum absolute atomic E-state index is 0. The largest absolute Gasteiger partial charge is 0.328 e. The van der Waals surface area contributed by atoms with Crippen LogP contribution in [0.4, 0.5) is 0 Å². The minimum atomic E-state index is 0. The summed E-state index contributed by atoms with van der Waals surface area (Å²) in [5, 5.41) is 0. The molecule has 8 heavy (non-hydrogen) atoms. The van der Waals surface area contributed by atoms with E-state index in [1.54, 1.807) is 0 Å². The lowest BCUT2D eigenvalue weighted by molar-refractivity contribution is 0.704. The lowest BCUT2D eigenvalue weighted by Gasteiger charge is -1.92. The third-order valence-corrected chi connectivity index (χ3v) is 1.40. The van der Waals surface area contributed by atoms with Gasteiger partial charge in [0.15, 0.2) is 0 Å². The van der Waals surface area contributed by atoms with E-state index in [4.69, 9.17) is 5.73 Å². The van der Waals surface area contributed by atoms with Crippen LogP contribution < -0.4 is 5.73 Å². The predicted molar refractivity (Wildman–Crippen MR) is 39.9 cm³/mol. The van der Waals surface area contributed by atoms with Crippen LogP contribution >= 0.6 is 0 Å². The molecule has 0 bridgehead atoms. The van der Waals surface area contributed by atoms with Crippen LogP contribution in [0.15, 0.2) is 0 Å². The van der Waals surface area contributed by atoms with Crippen molar-refractivity contribution in [3.63, 3.8) is 0 Å². The van der Waals surface area contributed by atoms with Crippen molar-refractivity contribution in [1.29, 1.82) is 0 Å². The van der Waals surface area contributed by atoms with Crippen molar-refractivity contribution in [3.05, 3.63) is 0 Å². The number of hydrogen-bond donors (Lipinski definition) is 1. The highest BCUT2D eigenvalue weighted by Gasteiger charge is 2.07. The Bertz CT molecular complexity index is 42.2. The molecule has 0 aromatic heterocycles. The summed E-state index contributed by atoms with van der Waals surface area (Å²) in [6.07, 6.45) is 5.25. The van der Waals surface area contributed by atoms with Gasteiger partial charge in [-0.1, -0.05) is 26.7 Å². The molecule has 0 aromatic rings. The standard InChI is InChI=1S/C5H11N.C2H6.H2/c6-5-3-1-2-4-5;1-2;/h5H,1-4,6H2;1-2H3;1H. The third kappa shape index (κ3) is 3.03. The Morgan fingerprint density at radius 2 is 1.62 bits per heavy atom. The molecular formula is C7H19N. The predicted octanol–water partition coefficient (Wildman–Crippen LogP) is 2.16. The highest BCUT2D eigenvalue weighted by Crippen LogP contribution is 2.14. The quantitative estimate of drug-likeness (QED) is 0.517. The fourth-order valence-corrected chi connectivity index (χ4v) is 0.957. The van der Waals surface area contributed by atoms with Crippen molar-refractivity contribution < 1.29 is 1.43 Å². The van der Waals surface area contributed by atoms with Gasteiger partial charge < -0.3 is 5.73 Å². The van der Waals surface area contributed by atoms with E-state index in [0.29, 0.717) is 6.04 Å². The molecule has 0 atom stereocenters. The second-order valence-corrected chi connectivity index (χ2v) is 2.04. The Morgan fingerprint density at radius 3 is 1.75 bits per heavy atom. The first-order valence-electron chi connectivity index (χ1n) is 3.65. The summed E-state index contributed by atoms with van der Waals surface area (Å²) in [7, 11) is 0. The van der Waals surface area contributed by atoms with Crippen LogP contribution in [0.1, 0.15) is 41.0 Å². The molecule has 0 amide bonds. The molecule has 0 saturated heterocycles. The molecule has 0 spiro atoms. The van der Waals surface area contributed by atoms with Gasteiger partial charge in [0.25, 0.3) is 0 Å². The molecule has 1 aliphatic carbocycles. The average Bonchev–Trinajstić information content (AvgIpc) is 2.24. The van der Waals surface area contributed by atoms with E-state index in [0.717, 1.165) is 0 Å². The van der Waals surface area contributed by atoms with E-state index in [1.807, 2.05) is 13.8 Å². The third-order valence-electron chi connectivity index (χ3n) is 1.40. The minimum Gasteiger partial charge on any atom is -0.328 e. The summed E-state index contributed by atoms with van der Waals surface area (Å²) in [6, 6.07) is 0.546. The van der Waals surface area contributed by atoms with Crippen LogP contribution in [-0.4, -0.2) is 6.04 Å². The van der Waals surface area contributed by atoms with Crippen molar-refractivity contribution in [1.82, 2.24) is 0 Å². The number of hydrogen-bond acceptors (Lipinski definition) is 1. The van der Waals surface area contributed by atoms with Crippen LogP contribution in [-0.2, 0) is 0 Å². The number of rotatable bonds is 0. The fourth-order valence-electron chi connectivity index (χ4n) is 0.957. The molecule has 0 aliphatic heterocycles. The van der Waals surface area contributed by atoms with Crippen molar-refractivity contribution in [3.8, 4) is 0 Å². The van der Waals surface area contributed by atoms with E-state index in [9.17, 15) is 0 Å². The van der Waals surface area contributed by atoms with E-state index in [-0.39, 0.29) is 1.43 Å². The molecule has 1 aliphatic rings.